The van der Waals surface area contributed by atoms with Crippen molar-refractivity contribution in [3.63, 3.8) is 0 Å². The van der Waals surface area contributed by atoms with Gasteiger partial charge in [-0.3, -0.25) is 24.6 Å². The molecule has 3 aliphatic rings. The lowest BCUT2D eigenvalue weighted by Gasteiger charge is -2.48. The second kappa shape index (κ2) is 15.7. The van der Waals surface area contributed by atoms with Crippen LogP contribution in [0.1, 0.15) is 81.6 Å². The van der Waals surface area contributed by atoms with Crippen LogP contribution in [0.2, 0.25) is 0 Å². The molecule has 1 aromatic rings. The van der Waals surface area contributed by atoms with Crippen molar-refractivity contribution in [3.05, 3.63) is 48.6 Å². The van der Waals surface area contributed by atoms with E-state index in [9.17, 15) is 14.4 Å². The maximum absolute atomic E-state index is 11.1. The maximum Gasteiger partial charge on any atom is 0.243 e. The number of piperidine rings is 3. The molecule has 7 heteroatoms. The second-order valence-electron chi connectivity index (χ2n) is 11.4. The summed E-state index contributed by atoms with van der Waals surface area (Å²) in [5.74, 6) is -0.334. The smallest absolute Gasteiger partial charge is 0.243 e. The molecule has 0 saturated carbocycles. The van der Waals surface area contributed by atoms with Gasteiger partial charge in [0.2, 0.25) is 11.8 Å². The summed E-state index contributed by atoms with van der Waals surface area (Å²) < 4.78 is 0. The van der Waals surface area contributed by atoms with Crippen LogP contribution in [-0.4, -0.2) is 80.3 Å². The van der Waals surface area contributed by atoms with Gasteiger partial charge in [-0.05, 0) is 109 Å². The number of aldehydes is 1. The Morgan fingerprint density at radius 3 is 2.10 bits per heavy atom. The zero-order chi connectivity index (χ0) is 29.0. The molecule has 2 amide bonds. The van der Waals surface area contributed by atoms with Gasteiger partial charge in [-0.15, -0.1) is 6.58 Å². The zero-order valence-electron chi connectivity index (χ0n) is 24.9. The Labute approximate surface area is 236 Å². The number of hydrogen-bond acceptors (Lipinski definition) is 6. The van der Waals surface area contributed by atoms with Gasteiger partial charge >= 0.3 is 0 Å². The SMILES string of the molecule is C=CCC.C=Cc1cc(N2CCC3(CC2)CCN(C(C)C)CC3)ccc1C=O.CN(C)C1CCC(=O)NC1=O. The number of imide groups is 1. The number of carbonyl (C=O) groups is 3. The predicted octanol–water partition coefficient (Wildman–Crippen LogP) is 5.17. The van der Waals surface area contributed by atoms with Crippen LogP contribution in [-0.2, 0) is 9.59 Å². The molecule has 7 nitrogen and oxygen atoms in total. The Kier molecular flexibility index (Phi) is 13.1. The molecule has 3 aliphatic heterocycles. The van der Waals surface area contributed by atoms with E-state index in [1.807, 2.05) is 31.1 Å². The summed E-state index contributed by atoms with van der Waals surface area (Å²) in [6.07, 6.45) is 12.0. The second-order valence-corrected chi connectivity index (χ2v) is 11.4. The van der Waals surface area contributed by atoms with Crippen LogP contribution in [0.25, 0.3) is 6.08 Å². The van der Waals surface area contributed by atoms with Gasteiger partial charge in [0.05, 0.1) is 6.04 Å². The fraction of sp³-hybridized carbons (Fsp3) is 0.594. The normalized spacial score (nSPS) is 20.9. The fourth-order valence-corrected chi connectivity index (χ4v) is 5.47. The highest BCUT2D eigenvalue weighted by Gasteiger charge is 2.38. The Balaban J connectivity index is 0.000000295. The first-order valence-corrected chi connectivity index (χ1v) is 14.4. The van der Waals surface area contributed by atoms with E-state index in [0.29, 0.717) is 24.3 Å². The minimum absolute atomic E-state index is 0.132. The van der Waals surface area contributed by atoms with Gasteiger partial charge in [0.1, 0.15) is 0 Å². The minimum Gasteiger partial charge on any atom is -0.371 e. The van der Waals surface area contributed by atoms with Crippen LogP contribution in [0, 0.1) is 5.41 Å². The van der Waals surface area contributed by atoms with Crippen molar-refractivity contribution in [1.82, 2.24) is 15.1 Å². The summed E-state index contributed by atoms with van der Waals surface area (Å²) in [5, 5.41) is 2.29. The summed E-state index contributed by atoms with van der Waals surface area (Å²) in [6, 6.07) is 6.65. The molecule has 3 fully saturated rings. The molecule has 1 spiro atoms. The number of nitrogens with one attached hydrogen (secondary N) is 1. The predicted molar refractivity (Wildman–Crippen MR) is 162 cm³/mol. The number of likely N-dealkylation sites (N-methyl/N-ethyl adjacent to an activating group) is 1. The van der Waals surface area contributed by atoms with Crippen molar-refractivity contribution in [1.29, 1.82) is 0 Å². The maximum atomic E-state index is 11.1. The molecular weight excluding hydrogens is 488 g/mol. The van der Waals surface area contributed by atoms with Crippen molar-refractivity contribution >= 4 is 29.9 Å². The number of anilines is 1. The number of amides is 2. The highest BCUT2D eigenvalue weighted by molar-refractivity contribution is 6.00. The summed E-state index contributed by atoms with van der Waals surface area (Å²) in [4.78, 5) is 39.8. The monoisotopic (exact) mass is 538 g/mol. The Bertz CT molecular complexity index is 970. The third kappa shape index (κ3) is 9.43. The minimum atomic E-state index is -0.175. The van der Waals surface area contributed by atoms with Crippen molar-refractivity contribution in [2.24, 2.45) is 5.41 Å². The largest absolute Gasteiger partial charge is 0.371 e. The van der Waals surface area contributed by atoms with E-state index >= 15 is 0 Å². The van der Waals surface area contributed by atoms with E-state index in [-0.39, 0.29) is 17.9 Å². The molecule has 1 N–H and O–H groups in total. The first-order valence-electron chi connectivity index (χ1n) is 14.4. The Morgan fingerprint density at radius 1 is 1.05 bits per heavy atom. The van der Waals surface area contributed by atoms with Gasteiger partial charge in [-0.25, -0.2) is 0 Å². The average Bonchev–Trinajstić information content (AvgIpc) is 2.93. The van der Waals surface area contributed by atoms with E-state index < -0.39 is 0 Å². The number of hydrogen-bond donors (Lipinski definition) is 1. The standard InChI is InChI=1S/C21H30N2O.C7H12N2O2.C4H8/c1-4-18-15-20(6-5-19(18)16-24)23-13-9-21(10-14-23)7-11-22(12-8-21)17(2)3;1-9(2)5-3-4-6(10)8-7(5)11;1-3-4-2/h4-6,15-17H,1,7-14H2,2-3H3;5H,3-4H2,1-2H3,(H,8,10,11);3H,1,4H2,2H3. The molecule has 1 aromatic carbocycles. The molecule has 3 saturated heterocycles. The zero-order valence-corrected chi connectivity index (χ0v) is 24.9. The quantitative estimate of drug-likeness (QED) is 0.306. The molecule has 3 heterocycles. The van der Waals surface area contributed by atoms with E-state index in [0.717, 1.165) is 36.9 Å². The highest BCUT2D eigenvalue weighted by Crippen LogP contribution is 2.42. The van der Waals surface area contributed by atoms with Crippen molar-refractivity contribution in [3.8, 4) is 0 Å². The molecule has 4 rings (SSSR count). The Hall–Kier alpha value is -2.77. The Morgan fingerprint density at radius 2 is 1.64 bits per heavy atom. The van der Waals surface area contributed by atoms with E-state index in [1.165, 1.54) is 44.5 Å². The van der Waals surface area contributed by atoms with Gasteiger partial charge < -0.3 is 9.80 Å². The highest BCUT2D eigenvalue weighted by atomic mass is 16.2. The number of carbonyl (C=O) groups excluding carboxylic acids is 3. The molecule has 1 unspecified atom stereocenters. The average molecular weight is 539 g/mol. The topological polar surface area (TPSA) is 73.0 Å². The number of benzene rings is 1. The lowest BCUT2D eigenvalue weighted by molar-refractivity contribution is -0.136. The van der Waals surface area contributed by atoms with Gasteiger partial charge in [0, 0.05) is 36.8 Å². The lowest BCUT2D eigenvalue weighted by Crippen LogP contribution is -2.50. The van der Waals surface area contributed by atoms with E-state index in [1.54, 1.807) is 6.08 Å². The van der Waals surface area contributed by atoms with Crippen LogP contribution in [0.3, 0.4) is 0 Å². The van der Waals surface area contributed by atoms with Gasteiger partial charge in [0.15, 0.2) is 6.29 Å². The lowest BCUT2D eigenvalue weighted by atomic mass is 9.71. The number of nitrogens with zero attached hydrogens (tertiary/aromatic N) is 3. The number of likely N-dealkylation sites (tertiary alicyclic amines) is 1. The van der Waals surface area contributed by atoms with Crippen LogP contribution in [0.15, 0.2) is 37.4 Å². The molecule has 0 bridgehead atoms. The van der Waals surface area contributed by atoms with Gasteiger partial charge in [-0.1, -0.05) is 25.7 Å². The van der Waals surface area contributed by atoms with E-state index in [2.05, 4.69) is 61.2 Å². The molecule has 39 heavy (non-hydrogen) atoms. The third-order valence-electron chi connectivity index (χ3n) is 8.32. The molecule has 0 aliphatic carbocycles. The van der Waals surface area contributed by atoms with Crippen LogP contribution < -0.4 is 10.2 Å². The summed E-state index contributed by atoms with van der Waals surface area (Å²) >= 11 is 0. The van der Waals surface area contributed by atoms with Crippen LogP contribution >= 0.6 is 0 Å². The summed E-state index contributed by atoms with van der Waals surface area (Å²) in [6.45, 7) is 18.7. The third-order valence-corrected chi connectivity index (χ3v) is 8.32. The molecule has 216 valence electrons. The fourth-order valence-electron chi connectivity index (χ4n) is 5.47. The van der Waals surface area contributed by atoms with Crippen molar-refractivity contribution < 1.29 is 14.4 Å². The molecule has 0 aromatic heterocycles. The van der Waals surface area contributed by atoms with Crippen LogP contribution in [0.5, 0.6) is 0 Å². The molecule has 1 atom stereocenters. The molecular formula is C32H50N4O3. The number of allylic oxidation sites excluding steroid dienone is 1. The summed E-state index contributed by atoms with van der Waals surface area (Å²) in [5.41, 5.74) is 3.45. The first kappa shape index (κ1) is 32.4. The van der Waals surface area contributed by atoms with E-state index in [4.69, 9.17) is 0 Å². The molecule has 0 radical (unpaired) electrons. The first-order chi connectivity index (χ1) is 18.6. The van der Waals surface area contributed by atoms with Crippen LogP contribution in [0.4, 0.5) is 5.69 Å². The van der Waals surface area contributed by atoms with Crippen molar-refractivity contribution in [2.45, 2.75) is 77.8 Å². The summed E-state index contributed by atoms with van der Waals surface area (Å²) in [7, 11) is 3.67. The number of rotatable bonds is 6. The van der Waals surface area contributed by atoms with Gasteiger partial charge in [0.25, 0.3) is 0 Å². The van der Waals surface area contributed by atoms with Gasteiger partial charge in [-0.2, -0.15) is 0 Å². The van der Waals surface area contributed by atoms with Crippen molar-refractivity contribution in [2.75, 3.05) is 45.2 Å².